The number of phenols is 1. The summed E-state index contributed by atoms with van der Waals surface area (Å²) in [6.07, 6.45) is 11.8. The normalized spacial score (nSPS) is 24.1. The molecule has 178 valence electrons. The summed E-state index contributed by atoms with van der Waals surface area (Å²) < 4.78 is 53.9. The molecule has 1 aliphatic heterocycles. The molecule has 0 bridgehead atoms. The highest BCUT2D eigenvalue weighted by molar-refractivity contribution is 5.58. The van der Waals surface area contributed by atoms with Gasteiger partial charge in [-0.05, 0) is 87.7 Å². The molecule has 0 fully saturated rings. The minimum absolute atomic E-state index is 0.270. The van der Waals surface area contributed by atoms with Gasteiger partial charge >= 0.3 is 0 Å². The van der Waals surface area contributed by atoms with Gasteiger partial charge < -0.3 is 9.84 Å². The minimum atomic E-state index is -2.64. The average Bonchev–Trinajstić information content (AvgIpc) is 2.72. The van der Waals surface area contributed by atoms with Crippen LogP contribution in [0.4, 0.5) is 0 Å². The third kappa shape index (κ3) is 7.43. The van der Waals surface area contributed by atoms with Crippen LogP contribution in [0.25, 0.3) is 0 Å². The van der Waals surface area contributed by atoms with Crippen molar-refractivity contribution in [2.75, 3.05) is 0 Å². The van der Waals surface area contributed by atoms with Crippen molar-refractivity contribution < 1.29 is 18.1 Å². The van der Waals surface area contributed by atoms with Gasteiger partial charge in [-0.2, -0.15) is 0 Å². The van der Waals surface area contributed by atoms with Crippen molar-refractivity contribution in [2.24, 2.45) is 17.8 Å². The van der Waals surface area contributed by atoms with Gasteiger partial charge in [-0.3, -0.25) is 0 Å². The highest BCUT2D eigenvalue weighted by Crippen LogP contribution is 2.44. The first-order valence-electron chi connectivity index (χ1n) is 15.5. The van der Waals surface area contributed by atoms with E-state index >= 15 is 0 Å². The number of hydrogen-bond acceptors (Lipinski definition) is 2. The second-order valence-corrected chi connectivity index (χ2v) is 10.9. The van der Waals surface area contributed by atoms with Crippen molar-refractivity contribution >= 4 is 0 Å². The first-order valence-corrected chi connectivity index (χ1v) is 12.5. The van der Waals surface area contributed by atoms with Crippen LogP contribution in [0, 0.1) is 38.4 Å². The lowest BCUT2D eigenvalue weighted by molar-refractivity contribution is 0.0512. The van der Waals surface area contributed by atoms with Crippen molar-refractivity contribution in [3.05, 3.63) is 22.3 Å². The molecule has 3 atom stereocenters. The molecule has 1 aromatic carbocycles. The summed E-state index contributed by atoms with van der Waals surface area (Å²) in [4.78, 5) is 0. The minimum Gasteiger partial charge on any atom is -0.507 e. The smallest absolute Gasteiger partial charge is 0.127 e. The maximum absolute atomic E-state index is 10.7. The molecule has 0 saturated heterocycles. The first-order chi connectivity index (χ1) is 17.0. The predicted octanol–water partition coefficient (Wildman–Crippen LogP) is 8.84. The summed E-state index contributed by atoms with van der Waals surface area (Å²) in [5.74, 6) is 1.93. The topological polar surface area (TPSA) is 29.5 Å². The van der Waals surface area contributed by atoms with E-state index in [0.717, 1.165) is 31.1 Å². The molecule has 0 amide bonds. The van der Waals surface area contributed by atoms with Crippen LogP contribution < -0.4 is 4.74 Å². The highest BCUT2D eigenvalue weighted by atomic mass is 16.5. The molecule has 0 spiro atoms. The molecular weight excluding hydrogens is 380 g/mol. The fraction of sp³-hybridized carbons (Fsp3) is 0.793. The zero-order valence-corrected chi connectivity index (χ0v) is 20.9. The largest absolute Gasteiger partial charge is 0.507 e. The number of aromatic hydroxyl groups is 1. The van der Waals surface area contributed by atoms with Crippen molar-refractivity contribution in [1.29, 1.82) is 0 Å². The zero-order valence-electron chi connectivity index (χ0n) is 26.9. The fourth-order valence-electron chi connectivity index (χ4n) is 4.94. The lowest BCUT2D eigenvalue weighted by atomic mass is 9.84. The molecule has 0 aliphatic carbocycles. The van der Waals surface area contributed by atoms with Crippen LogP contribution in [-0.4, -0.2) is 10.7 Å². The summed E-state index contributed by atoms with van der Waals surface area (Å²) in [5, 5.41) is 10.7. The van der Waals surface area contributed by atoms with Gasteiger partial charge in [-0.1, -0.05) is 72.6 Å². The number of rotatable bonds is 12. The van der Waals surface area contributed by atoms with E-state index in [1.807, 2.05) is 6.92 Å². The SMILES string of the molecule is [2H]C([2H])([2H])c1c(C)c2c(c(C([2H])([2H])[2H])c1O)CC[C@@](C)(CCC[C@H](C)CCC[C@H](C)CCCC(C)C)O2. The van der Waals surface area contributed by atoms with Gasteiger partial charge in [0.15, 0.2) is 0 Å². The molecule has 2 nitrogen and oxygen atoms in total. The van der Waals surface area contributed by atoms with Gasteiger partial charge in [0.2, 0.25) is 0 Å². The summed E-state index contributed by atoms with van der Waals surface area (Å²) in [7, 11) is 0. The lowest BCUT2D eigenvalue weighted by Gasteiger charge is -2.38. The Hall–Kier alpha value is -1.18. The number of ether oxygens (including phenoxy) is 1. The Morgan fingerprint density at radius 1 is 0.903 bits per heavy atom. The molecule has 2 heteroatoms. The van der Waals surface area contributed by atoms with Crippen molar-refractivity contribution in [1.82, 2.24) is 0 Å². The standard InChI is InChI=1S/C29H50O2/c1-20(2)12-9-13-21(3)14-10-15-22(4)16-11-18-29(8)19-17-26-25(7)27(30)23(5)24(6)28(26)31-29/h20-22,30H,9-19H2,1-8H3/t21-,22-,29-/m1/s1/i5D3,7D3. The predicted molar refractivity (Wildman–Crippen MR) is 134 cm³/mol. The van der Waals surface area contributed by atoms with E-state index in [1.54, 1.807) is 6.92 Å². The van der Waals surface area contributed by atoms with Crippen molar-refractivity contribution in [3.63, 3.8) is 0 Å². The van der Waals surface area contributed by atoms with E-state index < -0.39 is 25.1 Å². The van der Waals surface area contributed by atoms with Gasteiger partial charge in [0.05, 0.1) is 0 Å². The molecule has 1 aliphatic rings. The number of hydrogen-bond donors (Lipinski definition) is 1. The molecular formula is C29H50O2. The zero-order chi connectivity index (χ0) is 28.2. The number of benzene rings is 1. The van der Waals surface area contributed by atoms with Crippen LogP contribution in [0.3, 0.4) is 0 Å². The van der Waals surface area contributed by atoms with E-state index in [9.17, 15) is 5.11 Å². The Morgan fingerprint density at radius 2 is 1.48 bits per heavy atom. The third-order valence-electron chi connectivity index (χ3n) is 7.29. The van der Waals surface area contributed by atoms with Gasteiger partial charge in [0.1, 0.15) is 17.1 Å². The van der Waals surface area contributed by atoms with Gasteiger partial charge in [0, 0.05) is 13.8 Å². The van der Waals surface area contributed by atoms with E-state index in [2.05, 4.69) is 27.7 Å². The maximum Gasteiger partial charge on any atom is 0.127 e. The average molecular weight is 437 g/mol. The third-order valence-corrected chi connectivity index (χ3v) is 7.29. The van der Waals surface area contributed by atoms with E-state index in [-0.39, 0.29) is 11.1 Å². The second kappa shape index (κ2) is 11.6. The molecule has 2 rings (SSSR count). The van der Waals surface area contributed by atoms with Crippen LogP contribution in [0.15, 0.2) is 0 Å². The Labute approximate surface area is 201 Å². The Morgan fingerprint density at radius 3 is 2.06 bits per heavy atom. The Kier molecular flexibility index (Phi) is 6.85. The highest BCUT2D eigenvalue weighted by Gasteiger charge is 2.34. The molecule has 0 saturated carbocycles. The molecule has 1 N–H and O–H groups in total. The van der Waals surface area contributed by atoms with Gasteiger partial charge in [-0.15, -0.1) is 0 Å². The summed E-state index contributed by atoms with van der Waals surface area (Å²) in [6.45, 7) is 7.67. The van der Waals surface area contributed by atoms with Gasteiger partial charge in [0.25, 0.3) is 0 Å². The molecule has 0 radical (unpaired) electrons. The molecule has 0 unspecified atom stereocenters. The first kappa shape index (κ1) is 18.3. The monoisotopic (exact) mass is 436 g/mol. The van der Waals surface area contributed by atoms with E-state index in [0.29, 0.717) is 35.6 Å². The van der Waals surface area contributed by atoms with Crippen molar-refractivity contribution in [3.8, 4) is 11.5 Å². The van der Waals surface area contributed by atoms with Gasteiger partial charge in [-0.25, -0.2) is 0 Å². The van der Waals surface area contributed by atoms with Crippen LogP contribution in [0.1, 0.15) is 129 Å². The van der Waals surface area contributed by atoms with E-state index in [4.69, 9.17) is 13.0 Å². The van der Waals surface area contributed by atoms with Crippen LogP contribution in [0.5, 0.6) is 11.5 Å². The number of fused-ring (bicyclic) bond motifs is 1. The van der Waals surface area contributed by atoms with Crippen molar-refractivity contribution in [2.45, 2.75) is 131 Å². The summed E-state index contributed by atoms with van der Waals surface area (Å²) in [5.41, 5.74) is -0.321. The Bertz CT molecular complexity index is 890. The lowest BCUT2D eigenvalue weighted by Crippen LogP contribution is -2.37. The molecule has 1 heterocycles. The molecule has 0 aromatic heterocycles. The van der Waals surface area contributed by atoms with E-state index in [1.165, 1.54) is 38.5 Å². The van der Waals surface area contributed by atoms with Crippen LogP contribution >= 0.6 is 0 Å². The summed E-state index contributed by atoms with van der Waals surface area (Å²) in [6, 6.07) is 0. The Balaban J connectivity index is 1.99. The van der Waals surface area contributed by atoms with Crippen LogP contribution in [0.2, 0.25) is 0 Å². The fourth-order valence-corrected chi connectivity index (χ4v) is 4.94. The number of phenolic OH excluding ortho intramolecular Hbond substituents is 1. The quantitative estimate of drug-likeness (QED) is 0.354. The maximum atomic E-state index is 10.7. The summed E-state index contributed by atoms with van der Waals surface area (Å²) >= 11 is 0. The molecule has 31 heavy (non-hydrogen) atoms. The second-order valence-electron chi connectivity index (χ2n) is 10.9. The van der Waals surface area contributed by atoms with Crippen LogP contribution in [-0.2, 0) is 6.42 Å². The molecule has 1 aromatic rings.